The van der Waals surface area contributed by atoms with E-state index in [2.05, 4.69) is 39.3 Å². The lowest BCUT2D eigenvalue weighted by atomic mass is 9.81. The van der Waals surface area contributed by atoms with Gasteiger partial charge in [-0.3, -0.25) is 10.00 Å². The molecule has 0 unspecified atom stereocenters. The number of fused-ring (bicyclic) bond motifs is 1. The van der Waals surface area contributed by atoms with Gasteiger partial charge in [-0.15, -0.1) is 0 Å². The van der Waals surface area contributed by atoms with E-state index in [1.165, 1.54) is 42.2 Å². The highest BCUT2D eigenvalue weighted by Gasteiger charge is 2.31. The maximum atomic E-state index is 5.61. The maximum Gasteiger partial charge on any atom is 0.137 e. The number of H-pyrrole nitrogens is 2. The van der Waals surface area contributed by atoms with Gasteiger partial charge in [-0.1, -0.05) is 0 Å². The predicted molar refractivity (Wildman–Crippen MR) is 106 cm³/mol. The van der Waals surface area contributed by atoms with Crippen molar-refractivity contribution >= 4 is 11.0 Å². The average molecular weight is 365 g/mol. The molecule has 27 heavy (non-hydrogen) atoms. The van der Waals surface area contributed by atoms with Crippen molar-refractivity contribution in [2.75, 3.05) is 19.8 Å². The van der Waals surface area contributed by atoms with Crippen LogP contribution >= 0.6 is 0 Å². The molecule has 6 heteroatoms. The molecule has 3 aromatic rings. The Morgan fingerprint density at radius 1 is 1.15 bits per heavy atom. The summed E-state index contributed by atoms with van der Waals surface area (Å²) >= 11 is 0. The Hall–Kier alpha value is -2.18. The Morgan fingerprint density at radius 3 is 2.81 bits per heavy atom. The van der Waals surface area contributed by atoms with Crippen LogP contribution in [0.1, 0.15) is 44.1 Å². The first-order valence-corrected chi connectivity index (χ1v) is 10.1. The van der Waals surface area contributed by atoms with Crippen LogP contribution in [0.5, 0.6) is 0 Å². The summed E-state index contributed by atoms with van der Waals surface area (Å²) in [6, 6.07) is 3.60. The van der Waals surface area contributed by atoms with E-state index in [1.54, 1.807) is 0 Å². The van der Waals surface area contributed by atoms with E-state index in [0.29, 0.717) is 18.0 Å². The molecule has 0 spiro atoms. The summed E-state index contributed by atoms with van der Waals surface area (Å²) < 4.78 is 5.61. The molecular weight excluding hydrogens is 338 g/mol. The van der Waals surface area contributed by atoms with Crippen molar-refractivity contribution in [2.24, 2.45) is 0 Å². The number of nitrogens with zero attached hydrogens (tertiary/aromatic N) is 3. The average Bonchev–Trinajstić information content (AvgIpc) is 3.37. The van der Waals surface area contributed by atoms with E-state index >= 15 is 0 Å². The molecule has 1 saturated heterocycles. The van der Waals surface area contributed by atoms with Crippen molar-refractivity contribution in [3.8, 4) is 11.1 Å². The van der Waals surface area contributed by atoms with E-state index in [9.17, 15) is 0 Å². The Labute approximate surface area is 159 Å². The molecule has 5 rings (SSSR count). The van der Waals surface area contributed by atoms with Crippen molar-refractivity contribution in [1.29, 1.82) is 0 Å². The van der Waals surface area contributed by atoms with Gasteiger partial charge in [0.1, 0.15) is 5.65 Å². The third kappa shape index (κ3) is 3.17. The molecule has 0 bridgehead atoms. The highest BCUT2D eigenvalue weighted by molar-refractivity contribution is 5.93. The Morgan fingerprint density at radius 2 is 2.04 bits per heavy atom. The molecule has 6 nitrogen and oxygen atoms in total. The maximum absolute atomic E-state index is 5.61. The van der Waals surface area contributed by atoms with Gasteiger partial charge in [0, 0.05) is 53.7 Å². The lowest BCUT2D eigenvalue weighted by Crippen LogP contribution is -2.50. The Kier molecular flexibility index (Phi) is 4.45. The van der Waals surface area contributed by atoms with Gasteiger partial charge in [-0.2, -0.15) is 5.10 Å². The van der Waals surface area contributed by atoms with Gasteiger partial charge >= 0.3 is 0 Å². The topological polar surface area (TPSA) is 69.8 Å². The van der Waals surface area contributed by atoms with E-state index in [0.717, 1.165) is 31.0 Å². The van der Waals surface area contributed by atoms with E-state index in [1.807, 2.05) is 18.6 Å². The third-order valence-electron chi connectivity index (χ3n) is 6.42. The Bertz CT molecular complexity index is 895. The van der Waals surface area contributed by atoms with Crippen LogP contribution in [0.3, 0.4) is 0 Å². The van der Waals surface area contributed by atoms with E-state index in [4.69, 9.17) is 9.72 Å². The first-order valence-electron chi connectivity index (χ1n) is 10.1. The van der Waals surface area contributed by atoms with Crippen molar-refractivity contribution in [1.82, 2.24) is 25.1 Å². The fraction of sp³-hybridized carbons (Fsp3) is 0.524. The van der Waals surface area contributed by atoms with Crippen molar-refractivity contribution in [3.63, 3.8) is 0 Å². The molecule has 1 saturated carbocycles. The standard InChI is InChI=1S/C21H27N5O/c1-14-13-27-7-6-26(14)18-4-2-15(3-5-18)16-8-19-20(17-10-24-25-11-17)12-23-21(19)22-9-16/h8-12,14-15,18H,2-7,13H2,1H3,(H,22,23)(H,24,25)/t14-,15?,18?/m0/s1. The van der Waals surface area contributed by atoms with E-state index < -0.39 is 0 Å². The van der Waals surface area contributed by atoms with Crippen LogP contribution in [0.15, 0.2) is 30.9 Å². The van der Waals surface area contributed by atoms with Gasteiger partial charge in [-0.05, 0) is 50.2 Å². The molecule has 4 heterocycles. The molecular formula is C21H27N5O. The predicted octanol–water partition coefficient (Wildman–Crippen LogP) is 3.70. The number of aromatic nitrogens is 4. The summed E-state index contributed by atoms with van der Waals surface area (Å²) in [6.07, 6.45) is 12.9. The second kappa shape index (κ2) is 7.09. The highest BCUT2D eigenvalue weighted by atomic mass is 16.5. The zero-order valence-electron chi connectivity index (χ0n) is 15.8. The number of aromatic amines is 2. The van der Waals surface area contributed by atoms with Crippen LogP contribution in [0.2, 0.25) is 0 Å². The number of ether oxygens (including phenoxy) is 1. The molecule has 0 amide bonds. The lowest BCUT2D eigenvalue weighted by Gasteiger charge is -2.42. The summed E-state index contributed by atoms with van der Waals surface area (Å²) in [5.74, 6) is 0.613. The van der Waals surface area contributed by atoms with E-state index in [-0.39, 0.29) is 0 Å². The normalized spacial score (nSPS) is 27.2. The number of hydrogen-bond donors (Lipinski definition) is 2. The van der Waals surface area contributed by atoms with Crippen LogP contribution in [-0.2, 0) is 4.74 Å². The van der Waals surface area contributed by atoms with Crippen molar-refractivity contribution in [3.05, 3.63) is 36.4 Å². The third-order valence-corrected chi connectivity index (χ3v) is 6.42. The lowest BCUT2D eigenvalue weighted by molar-refractivity contribution is -0.0301. The zero-order chi connectivity index (χ0) is 18.2. The minimum Gasteiger partial charge on any atom is -0.379 e. The minimum atomic E-state index is 0.552. The zero-order valence-corrected chi connectivity index (χ0v) is 15.8. The second-order valence-electron chi connectivity index (χ2n) is 8.02. The molecule has 1 aliphatic heterocycles. The largest absolute Gasteiger partial charge is 0.379 e. The number of morpholine rings is 1. The fourth-order valence-corrected chi connectivity index (χ4v) is 4.90. The van der Waals surface area contributed by atoms with Gasteiger partial charge in [-0.25, -0.2) is 4.98 Å². The SMILES string of the molecule is C[C@H]1COCCN1C1CCC(c2cnc3[nH]cc(-c4cn[nH]c4)c3c2)CC1. The quantitative estimate of drug-likeness (QED) is 0.742. The minimum absolute atomic E-state index is 0.552. The molecule has 2 aliphatic rings. The van der Waals surface area contributed by atoms with Crippen molar-refractivity contribution in [2.45, 2.75) is 50.6 Å². The molecule has 2 fully saturated rings. The number of rotatable bonds is 3. The molecule has 142 valence electrons. The van der Waals surface area contributed by atoms with Crippen LogP contribution in [0.4, 0.5) is 0 Å². The summed E-state index contributed by atoms with van der Waals surface area (Å²) in [5.41, 5.74) is 4.60. The summed E-state index contributed by atoms with van der Waals surface area (Å²) in [6.45, 7) is 5.15. The molecule has 2 N–H and O–H groups in total. The summed E-state index contributed by atoms with van der Waals surface area (Å²) in [4.78, 5) is 10.7. The van der Waals surface area contributed by atoms with Crippen LogP contribution in [0, 0.1) is 0 Å². The van der Waals surface area contributed by atoms with Crippen LogP contribution in [0.25, 0.3) is 22.2 Å². The first kappa shape index (κ1) is 17.0. The second-order valence-corrected chi connectivity index (χ2v) is 8.02. The number of hydrogen-bond acceptors (Lipinski definition) is 4. The summed E-state index contributed by atoms with van der Waals surface area (Å²) in [7, 11) is 0. The van der Waals surface area contributed by atoms with Gasteiger partial charge in [0.25, 0.3) is 0 Å². The van der Waals surface area contributed by atoms with Gasteiger partial charge in [0.15, 0.2) is 0 Å². The molecule has 1 atom stereocenters. The molecule has 1 aliphatic carbocycles. The van der Waals surface area contributed by atoms with Gasteiger partial charge < -0.3 is 9.72 Å². The summed E-state index contributed by atoms with van der Waals surface area (Å²) in [5, 5.41) is 8.18. The number of nitrogens with one attached hydrogen (secondary N) is 2. The van der Waals surface area contributed by atoms with Gasteiger partial charge in [0.05, 0.1) is 19.4 Å². The smallest absolute Gasteiger partial charge is 0.137 e. The first-order chi connectivity index (χ1) is 13.3. The Balaban J connectivity index is 1.34. The molecule has 3 aromatic heterocycles. The fourth-order valence-electron chi connectivity index (χ4n) is 4.90. The van der Waals surface area contributed by atoms with Gasteiger partial charge in [0.2, 0.25) is 0 Å². The van der Waals surface area contributed by atoms with Crippen LogP contribution < -0.4 is 0 Å². The van der Waals surface area contributed by atoms with Crippen molar-refractivity contribution < 1.29 is 4.74 Å². The molecule has 0 radical (unpaired) electrons. The molecule has 0 aromatic carbocycles. The number of pyridine rings is 1. The van der Waals surface area contributed by atoms with Crippen LogP contribution in [-0.4, -0.2) is 56.9 Å². The monoisotopic (exact) mass is 365 g/mol. The highest BCUT2D eigenvalue weighted by Crippen LogP contribution is 2.37.